The Morgan fingerprint density at radius 1 is 1.15 bits per heavy atom. The van der Waals surface area contributed by atoms with Gasteiger partial charge in [0, 0.05) is 10.6 Å². The lowest BCUT2D eigenvalue weighted by molar-refractivity contribution is 0.603. The highest BCUT2D eigenvalue weighted by Gasteiger charge is 2.16. The summed E-state index contributed by atoms with van der Waals surface area (Å²) in [4.78, 5) is 5.23. The van der Waals surface area contributed by atoms with Crippen molar-refractivity contribution in [3.05, 3.63) is 65.2 Å². The van der Waals surface area contributed by atoms with Crippen molar-refractivity contribution in [3.63, 3.8) is 0 Å². The predicted octanol–water partition coefficient (Wildman–Crippen LogP) is 4.12. The van der Waals surface area contributed by atoms with Gasteiger partial charge < -0.3 is 5.32 Å². The van der Waals surface area contributed by atoms with Crippen LogP contribution in [-0.4, -0.2) is 13.4 Å². The van der Waals surface area contributed by atoms with Crippen LogP contribution in [0.2, 0.25) is 0 Å². The molecule has 0 aliphatic rings. The zero-order valence-electron chi connectivity index (χ0n) is 13.9. The highest BCUT2D eigenvalue weighted by molar-refractivity contribution is 7.94. The van der Waals surface area contributed by atoms with E-state index in [2.05, 4.69) is 21.1 Å². The first-order valence-electron chi connectivity index (χ1n) is 7.85. The molecule has 2 N–H and O–H groups in total. The van der Waals surface area contributed by atoms with Crippen LogP contribution in [0.15, 0.2) is 58.9 Å². The van der Waals surface area contributed by atoms with Gasteiger partial charge in [0.1, 0.15) is 10.0 Å². The monoisotopic (exact) mass is 384 g/mol. The number of nitriles is 1. The third-order valence-electron chi connectivity index (χ3n) is 3.53. The first-order valence-corrected chi connectivity index (χ1v) is 10.1. The van der Waals surface area contributed by atoms with Gasteiger partial charge in [0.05, 0.1) is 23.5 Å². The first kappa shape index (κ1) is 17.9. The van der Waals surface area contributed by atoms with Crippen LogP contribution in [0.5, 0.6) is 0 Å². The van der Waals surface area contributed by atoms with E-state index in [1.165, 1.54) is 17.5 Å². The van der Waals surface area contributed by atoms with E-state index in [4.69, 9.17) is 5.26 Å². The van der Waals surface area contributed by atoms with E-state index in [1.54, 1.807) is 36.4 Å². The highest BCUT2D eigenvalue weighted by Crippen LogP contribution is 2.25. The van der Waals surface area contributed by atoms with Crippen molar-refractivity contribution in [2.24, 2.45) is 0 Å². The Hall–Kier alpha value is -2.89. The fourth-order valence-corrected chi connectivity index (χ4v) is 4.58. The maximum Gasteiger partial charge on any atom is 0.271 e. The maximum atomic E-state index is 12.4. The topological polar surface area (TPSA) is 94.9 Å². The number of sulfonamides is 1. The fraction of sp³-hybridized carbons (Fsp3) is 0.111. The Morgan fingerprint density at radius 2 is 2.00 bits per heavy atom. The van der Waals surface area contributed by atoms with Crippen molar-refractivity contribution in [3.8, 4) is 6.07 Å². The summed E-state index contributed by atoms with van der Waals surface area (Å²) in [5.74, 6) is 0.549. The number of anilines is 3. The van der Waals surface area contributed by atoms with Crippen molar-refractivity contribution >= 4 is 38.6 Å². The molecule has 0 bridgehead atoms. The van der Waals surface area contributed by atoms with E-state index >= 15 is 0 Å². The molecular formula is C18H16N4O2S2. The van der Waals surface area contributed by atoms with E-state index in [0.717, 1.165) is 17.0 Å². The Kier molecular flexibility index (Phi) is 5.21. The number of aromatic nitrogens is 1. The second-order valence-electron chi connectivity index (χ2n) is 5.43. The molecule has 132 valence electrons. The Bertz CT molecular complexity index is 1050. The normalized spacial score (nSPS) is 10.9. The van der Waals surface area contributed by atoms with Gasteiger partial charge >= 0.3 is 0 Å². The minimum atomic E-state index is -3.61. The van der Waals surface area contributed by atoms with Crippen LogP contribution in [0.3, 0.4) is 0 Å². The summed E-state index contributed by atoms with van der Waals surface area (Å²) >= 11 is 1.26. The number of pyridine rings is 1. The molecule has 1 aromatic carbocycles. The lowest BCUT2D eigenvalue weighted by atomic mass is 10.2. The molecule has 0 atom stereocenters. The summed E-state index contributed by atoms with van der Waals surface area (Å²) < 4.78 is 27.6. The summed E-state index contributed by atoms with van der Waals surface area (Å²) in [6, 6.07) is 15.8. The van der Waals surface area contributed by atoms with Gasteiger partial charge in [-0.25, -0.2) is 13.4 Å². The Labute approximate surface area is 156 Å². The number of hydrogen-bond acceptors (Lipinski definition) is 6. The number of rotatable bonds is 6. The molecular weight excluding hydrogens is 368 g/mol. The van der Waals surface area contributed by atoms with Crippen molar-refractivity contribution in [2.75, 3.05) is 10.0 Å². The number of hydrogen-bond donors (Lipinski definition) is 2. The summed E-state index contributed by atoms with van der Waals surface area (Å²) in [6.45, 7) is 1.98. The van der Waals surface area contributed by atoms with Crippen LogP contribution in [0.25, 0.3) is 0 Å². The molecule has 0 amide bonds. The lowest BCUT2D eigenvalue weighted by Crippen LogP contribution is -2.11. The van der Waals surface area contributed by atoms with Crippen LogP contribution in [0, 0.1) is 11.3 Å². The lowest BCUT2D eigenvalue weighted by Gasteiger charge is -2.08. The maximum absolute atomic E-state index is 12.4. The smallest absolute Gasteiger partial charge is 0.271 e. The van der Waals surface area contributed by atoms with E-state index in [-0.39, 0.29) is 4.21 Å². The standard InChI is InChI=1S/C18H16N4O2S2/c1-2-16-7-9-18(25-16)26(23,24)22-15-6-8-17(20-12-15)21-14-5-3-4-13(10-14)11-19/h3-10,12,22H,2H2,1H3,(H,20,21). The Morgan fingerprint density at radius 3 is 2.65 bits per heavy atom. The van der Waals surface area contributed by atoms with Gasteiger partial charge in [0.25, 0.3) is 10.0 Å². The van der Waals surface area contributed by atoms with Gasteiger partial charge in [-0.15, -0.1) is 11.3 Å². The molecule has 0 saturated heterocycles. The molecule has 0 saturated carbocycles. The molecule has 0 aliphatic heterocycles. The fourth-order valence-electron chi connectivity index (χ4n) is 2.24. The third kappa shape index (κ3) is 4.20. The number of nitrogens with zero attached hydrogens (tertiary/aromatic N) is 2. The van der Waals surface area contributed by atoms with Crippen molar-refractivity contribution in [1.82, 2.24) is 4.98 Å². The number of benzene rings is 1. The van der Waals surface area contributed by atoms with Crippen molar-refractivity contribution in [1.29, 1.82) is 5.26 Å². The molecule has 0 spiro atoms. The van der Waals surface area contributed by atoms with Crippen LogP contribution < -0.4 is 10.0 Å². The zero-order chi connectivity index (χ0) is 18.6. The third-order valence-corrected chi connectivity index (χ3v) is 6.63. The van der Waals surface area contributed by atoms with E-state index in [0.29, 0.717) is 17.1 Å². The van der Waals surface area contributed by atoms with Gasteiger partial charge in [-0.05, 0) is 48.9 Å². The molecule has 3 aromatic rings. The molecule has 2 aromatic heterocycles. The summed E-state index contributed by atoms with van der Waals surface area (Å²) in [7, 11) is -3.61. The minimum absolute atomic E-state index is 0.282. The van der Waals surface area contributed by atoms with Gasteiger partial charge in [-0.2, -0.15) is 5.26 Å². The molecule has 6 nitrogen and oxygen atoms in total. The molecule has 0 fully saturated rings. The minimum Gasteiger partial charge on any atom is -0.340 e. The van der Waals surface area contributed by atoms with Crippen LogP contribution in [0.4, 0.5) is 17.2 Å². The van der Waals surface area contributed by atoms with Crippen molar-refractivity contribution < 1.29 is 8.42 Å². The van der Waals surface area contributed by atoms with Crippen molar-refractivity contribution in [2.45, 2.75) is 17.6 Å². The first-order chi connectivity index (χ1) is 12.5. The molecule has 0 aliphatic carbocycles. The molecule has 8 heteroatoms. The molecule has 2 heterocycles. The second-order valence-corrected chi connectivity index (χ2v) is 8.51. The van der Waals surface area contributed by atoms with E-state index < -0.39 is 10.0 Å². The molecule has 0 radical (unpaired) electrons. The number of nitrogens with one attached hydrogen (secondary N) is 2. The number of aryl methyl sites for hydroxylation is 1. The SMILES string of the molecule is CCc1ccc(S(=O)(=O)Nc2ccc(Nc3cccc(C#N)c3)nc2)s1. The molecule has 0 unspecified atom stereocenters. The van der Waals surface area contributed by atoms with Gasteiger partial charge in [0.15, 0.2) is 0 Å². The largest absolute Gasteiger partial charge is 0.340 e. The second kappa shape index (κ2) is 7.56. The summed E-state index contributed by atoms with van der Waals surface area (Å²) in [6.07, 6.45) is 2.25. The summed E-state index contributed by atoms with van der Waals surface area (Å²) in [5, 5.41) is 12.0. The van der Waals surface area contributed by atoms with E-state index in [1.807, 2.05) is 19.1 Å². The van der Waals surface area contributed by atoms with Gasteiger partial charge in [-0.1, -0.05) is 13.0 Å². The van der Waals surface area contributed by atoms with Crippen LogP contribution in [-0.2, 0) is 16.4 Å². The quantitative estimate of drug-likeness (QED) is 0.666. The van der Waals surface area contributed by atoms with Crippen LogP contribution in [0.1, 0.15) is 17.4 Å². The Balaban J connectivity index is 1.72. The van der Waals surface area contributed by atoms with Crippen LogP contribution >= 0.6 is 11.3 Å². The van der Waals surface area contributed by atoms with Gasteiger partial charge in [-0.3, -0.25) is 4.72 Å². The average molecular weight is 384 g/mol. The van der Waals surface area contributed by atoms with Gasteiger partial charge in [0.2, 0.25) is 0 Å². The highest BCUT2D eigenvalue weighted by atomic mass is 32.2. The number of thiophene rings is 1. The molecule has 3 rings (SSSR count). The predicted molar refractivity (Wildman–Crippen MR) is 103 cm³/mol. The zero-order valence-corrected chi connectivity index (χ0v) is 15.6. The molecule has 26 heavy (non-hydrogen) atoms. The van der Waals surface area contributed by atoms with E-state index in [9.17, 15) is 8.42 Å². The average Bonchev–Trinajstić information content (AvgIpc) is 3.14. The summed E-state index contributed by atoms with van der Waals surface area (Å²) in [5.41, 5.74) is 1.66.